The van der Waals surface area contributed by atoms with Crippen molar-refractivity contribution >= 4 is 10.9 Å². The van der Waals surface area contributed by atoms with Crippen molar-refractivity contribution in [3.8, 4) is 0 Å². The second-order valence-electron chi connectivity index (χ2n) is 3.82. The molecule has 2 aromatic heterocycles. The topological polar surface area (TPSA) is 57.4 Å². The van der Waals surface area contributed by atoms with E-state index in [2.05, 4.69) is 44.8 Å². The maximum Gasteiger partial charge on any atom is 0.0828 e. The molecule has 0 fully saturated rings. The Hall–Kier alpha value is -2.10. The molecule has 0 saturated heterocycles. The van der Waals surface area contributed by atoms with Crippen molar-refractivity contribution in [2.24, 2.45) is 0 Å². The summed E-state index contributed by atoms with van der Waals surface area (Å²) in [5, 5.41) is 11.8. The summed E-state index contributed by atoms with van der Waals surface area (Å²) < 4.78 is 0. The number of nitrogens with zero attached hydrogens (tertiary/aromatic N) is 2. The van der Waals surface area contributed by atoms with Crippen LogP contribution >= 0.6 is 0 Å². The Morgan fingerprint density at radius 1 is 1.12 bits per heavy atom. The second kappa shape index (κ2) is 3.81. The lowest BCUT2D eigenvalue weighted by atomic mass is 10.1. The lowest BCUT2D eigenvalue weighted by Gasteiger charge is -1.96. The molecule has 0 aliphatic carbocycles. The fraction of sp³-hybridized carbons (Fsp3) is 0.167. The van der Waals surface area contributed by atoms with Gasteiger partial charge in [0.1, 0.15) is 0 Å². The molecule has 3 aromatic rings. The van der Waals surface area contributed by atoms with Crippen molar-refractivity contribution in [2.75, 3.05) is 0 Å². The predicted molar refractivity (Wildman–Crippen MR) is 62.1 cm³/mol. The monoisotopic (exact) mass is 212 g/mol. The molecule has 0 spiro atoms. The second-order valence-corrected chi connectivity index (χ2v) is 3.82. The van der Waals surface area contributed by atoms with Gasteiger partial charge in [-0.1, -0.05) is 18.2 Å². The van der Waals surface area contributed by atoms with Crippen LogP contribution in [0.15, 0.2) is 36.7 Å². The number of rotatable bonds is 3. The van der Waals surface area contributed by atoms with Crippen molar-refractivity contribution < 1.29 is 0 Å². The van der Waals surface area contributed by atoms with E-state index in [-0.39, 0.29) is 0 Å². The zero-order chi connectivity index (χ0) is 10.8. The van der Waals surface area contributed by atoms with Crippen molar-refractivity contribution in [2.45, 2.75) is 12.8 Å². The van der Waals surface area contributed by atoms with Gasteiger partial charge in [0.25, 0.3) is 0 Å². The Labute approximate surface area is 92.7 Å². The van der Waals surface area contributed by atoms with Crippen LogP contribution in [0.3, 0.4) is 0 Å². The SMILES string of the molecule is c1ccc2c(CCc3cn[nH]n3)c[nH]c2c1. The number of aromatic nitrogens is 4. The predicted octanol–water partition coefficient (Wildman–Crippen LogP) is 2.07. The smallest absolute Gasteiger partial charge is 0.0828 e. The first-order valence-corrected chi connectivity index (χ1v) is 5.33. The molecule has 0 atom stereocenters. The van der Waals surface area contributed by atoms with Gasteiger partial charge in [0.2, 0.25) is 0 Å². The summed E-state index contributed by atoms with van der Waals surface area (Å²) in [5.41, 5.74) is 3.53. The van der Waals surface area contributed by atoms with Gasteiger partial charge in [-0.2, -0.15) is 15.4 Å². The standard InChI is InChI=1S/C12H12N4/c1-2-4-12-11(3-1)9(7-13-12)5-6-10-8-14-16-15-10/h1-4,7-8,13H,5-6H2,(H,14,15,16). The normalized spacial score (nSPS) is 11.0. The third kappa shape index (κ3) is 1.58. The Balaban J connectivity index is 1.84. The molecule has 0 saturated carbocycles. The molecule has 16 heavy (non-hydrogen) atoms. The molecule has 4 nitrogen and oxygen atoms in total. The Morgan fingerprint density at radius 3 is 2.94 bits per heavy atom. The minimum Gasteiger partial charge on any atom is -0.361 e. The number of aryl methyl sites for hydroxylation is 2. The van der Waals surface area contributed by atoms with Crippen LogP contribution in [0.4, 0.5) is 0 Å². The van der Waals surface area contributed by atoms with Gasteiger partial charge in [-0.05, 0) is 24.5 Å². The van der Waals surface area contributed by atoms with Crippen LogP contribution in [0.25, 0.3) is 10.9 Å². The number of nitrogens with one attached hydrogen (secondary N) is 2. The summed E-state index contributed by atoms with van der Waals surface area (Å²) >= 11 is 0. The first kappa shape index (κ1) is 9.15. The largest absolute Gasteiger partial charge is 0.361 e. The van der Waals surface area contributed by atoms with E-state index in [1.165, 1.54) is 16.5 Å². The van der Waals surface area contributed by atoms with Crippen LogP contribution in [0, 0.1) is 0 Å². The van der Waals surface area contributed by atoms with Crippen LogP contribution in [0.2, 0.25) is 0 Å². The van der Waals surface area contributed by atoms with Crippen LogP contribution in [0.1, 0.15) is 11.3 Å². The third-order valence-corrected chi connectivity index (χ3v) is 2.79. The molecule has 0 aliphatic rings. The van der Waals surface area contributed by atoms with Crippen LogP contribution in [-0.2, 0) is 12.8 Å². The molecule has 0 bridgehead atoms. The first-order valence-electron chi connectivity index (χ1n) is 5.33. The zero-order valence-electron chi connectivity index (χ0n) is 8.77. The van der Waals surface area contributed by atoms with Crippen molar-refractivity contribution in [3.63, 3.8) is 0 Å². The molecule has 4 heteroatoms. The Bertz CT molecular complexity index is 580. The number of hydrogen-bond donors (Lipinski definition) is 2. The van der Waals surface area contributed by atoms with Gasteiger partial charge in [0.05, 0.1) is 11.9 Å². The number of H-pyrrole nitrogens is 2. The molecule has 1 aromatic carbocycles. The minimum atomic E-state index is 0.915. The maximum absolute atomic E-state index is 4.05. The van der Waals surface area contributed by atoms with E-state index in [1.807, 2.05) is 6.07 Å². The highest BCUT2D eigenvalue weighted by atomic mass is 15.3. The number of aromatic amines is 2. The summed E-state index contributed by atoms with van der Waals surface area (Å²) in [4.78, 5) is 3.27. The van der Waals surface area contributed by atoms with Crippen molar-refractivity contribution in [3.05, 3.63) is 47.9 Å². The third-order valence-electron chi connectivity index (χ3n) is 2.79. The molecule has 0 unspecified atom stereocenters. The maximum atomic E-state index is 4.05. The lowest BCUT2D eigenvalue weighted by Crippen LogP contribution is -1.90. The molecular formula is C12H12N4. The summed E-state index contributed by atoms with van der Waals surface area (Å²) in [7, 11) is 0. The van der Waals surface area contributed by atoms with E-state index in [0.29, 0.717) is 0 Å². The molecule has 80 valence electrons. The van der Waals surface area contributed by atoms with E-state index < -0.39 is 0 Å². The number of hydrogen-bond acceptors (Lipinski definition) is 2. The van der Waals surface area contributed by atoms with E-state index in [9.17, 15) is 0 Å². The van der Waals surface area contributed by atoms with Gasteiger partial charge >= 0.3 is 0 Å². The van der Waals surface area contributed by atoms with Gasteiger partial charge in [0, 0.05) is 17.1 Å². The molecule has 3 rings (SSSR count). The van der Waals surface area contributed by atoms with Crippen molar-refractivity contribution in [1.82, 2.24) is 20.4 Å². The molecule has 0 radical (unpaired) electrons. The van der Waals surface area contributed by atoms with Crippen LogP contribution in [0.5, 0.6) is 0 Å². The van der Waals surface area contributed by atoms with Gasteiger partial charge in [0.15, 0.2) is 0 Å². The molecular weight excluding hydrogens is 200 g/mol. The van der Waals surface area contributed by atoms with Crippen LogP contribution in [-0.4, -0.2) is 20.4 Å². The number of benzene rings is 1. The quantitative estimate of drug-likeness (QED) is 0.698. The summed E-state index contributed by atoms with van der Waals surface area (Å²) in [6.07, 6.45) is 5.74. The zero-order valence-corrected chi connectivity index (χ0v) is 8.77. The van der Waals surface area contributed by atoms with Crippen molar-refractivity contribution in [1.29, 1.82) is 0 Å². The van der Waals surface area contributed by atoms with Gasteiger partial charge in [-0.3, -0.25) is 0 Å². The summed E-state index contributed by atoms with van der Waals surface area (Å²) in [6, 6.07) is 8.34. The lowest BCUT2D eigenvalue weighted by molar-refractivity contribution is 0.874. The molecule has 2 heterocycles. The summed E-state index contributed by atoms with van der Waals surface area (Å²) in [5.74, 6) is 0. The first-order chi connectivity index (χ1) is 7.93. The number of para-hydroxylation sites is 1. The molecule has 0 amide bonds. The highest BCUT2D eigenvalue weighted by molar-refractivity contribution is 5.83. The van der Waals surface area contributed by atoms with Gasteiger partial charge in [-0.25, -0.2) is 0 Å². The van der Waals surface area contributed by atoms with Gasteiger partial charge < -0.3 is 4.98 Å². The van der Waals surface area contributed by atoms with E-state index in [4.69, 9.17) is 0 Å². The summed E-state index contributed by atoms with van der Waals surface area (Å²) in [6.45, 7) is 0. The molecule has 0 aliphatic heterocycles. The molecule has 2 N–H and O–H groups in total. The average molecular weight is 212 g/mol. The van der Waals surface area contributed by atoms with E-state index in [0.717, 1.165) is 18.5 Å². The average Bonchev–Trinajstić information content (AvgIpc) is 2.96. The van der Waals surface area contributed by atoms with E-state index >= 15 is 0 Å². The van der Waals surface area contributed by atoms with Gasteiger partial charge in [-0.15, -0.1) is 0 Å². The fourth-order valence-corrected chi connectivity index (χ4v) is 1.95. The van der Waals surface area contributed by atoms with Crippen LogP contribution < -0.4 is 0 Å². The fourth-order valence-electron chi connectivity index (χ4n) is 1.95. The Morgan fingerprint density at radius 2 is 2.06 bits per heavy atom. The number of fused-ring (bicyclic) bond motifs is 1. The highest BCUT2D eigenvalue weighted by Gasteiger charge is 2.03. The Kier molecular flexibility index (Phi) is 2.18. The van der Waals surface area contributed by atoms with E-state index in [1.54, 1.807) is 6.20 Å². The minimum absolute atomic E-state index is 0.915. The highest BCUT2D eigenvalue weighted by Crippen LogP contribution is 2.18.